The zero-order valence-electron chi connectivity index (χ0n) is 33.6. The van der Waals surface area contributed by atoms with Crippen LogP contribution in [0.5, 0.6) is 0 Å². The molecule has 0 fully saturated rings. The van der Waals surface area contributed by atoms with Gasteiger partial charge < -0.3 is 4.57 Å². The van der Waals surface area contributed by atoms with Crippen molar-refractivity contribution in [2.75, 3.05) is 0 Å². The predicted molar refractivity (Wildman–Crippen MR) is 262 cm³/mol. The summed E-state index contributed by atoms with van der Waals surface area (Å²) >= 11 is 1.76. The average Bonchev–Trinajstić information content (AvgIpc) is 3.91. The molecule has 4 heteroatoms. The molecule has 9 aromatic carbocycles. The van der Waals surface area contributed by atoms with Crippen LogP contribution in [0.1, 0.15) is 0 Å². The van der Waals surface area contributed by atoms with Crippen LogP contribution in [-0.2, 0) is 0 Å². The maximum absolute atomic E-state index is 5.48. The second kappa shape index (κ2) is 15.0. The first-order chi connectivity index (χ1) is 30.8. The lowest BCUT2D eigenvalue weighted by atomic mass is 9.91. The van der Waals surface area contributed by atoms with Gasteiger partial charge >= 0.3 is 0 Å². The Balaban J connectivity index is 1.25. The number of rotatable bonds is 7. The van der Waals surface area contributed by atoms with E-state index in [4.69, 9.17) is 9.97 Å². The molecule has 0 aliphatic heterocycles. The summed E-state index contributed by atoms with van der Waals surface area (Å²) < 4.78 is 4.80. The predicted octanol–water partition coefficient (Wildman–Crippen LogP) is 15.9. The summed E-state index contributed by atoms with van der Waals surface area (Å²) in [4.78, 5) is 10.8. The molecule has 12 rings (SSSR count). The molecule has 12 aromatic rings. The van der Waals surface area contributed by atoms with Crippen molar-refractivity contribution in [3.8, 4) is 72.8 Å². The van der Waals surface area contributed by atoms with E-state index < -0.39 is 0 Å². The zero-order chi connectivity index (χ0) is 41.0. The Bertz CT molecular complexity index is 3440. The van der Waals surface area contributed by atoms with Crippen molar-refractivity contribution >= 4 is 53.4 Å². The maximum Gasteiger partial charge on any atom is 0.160 e. The Kier molecular flexibility index (Phi) is 8.68. The first-order valence-electron chi connectivity index (χ1n) is 21.0. The minimum atomic E-state index is 0.715. The molecule has 0 saturated carbocycles. The van der Waals surface area contributed by atoms with Gasteiger partial charge in [0.15, 0.2) is 5.82 Å². The van der Waals surface area contributed by atoms with Gasteiger partial charge in [-0.25, -0.2) is 9.97 Å². The van der Waals surface area contributed by atoms with Gasteiger partial charge in [-0.15, -0.1) is 11.3 Å². The average molecular weight is 808 g/mol. The van der Waals surface area contributed by atoms with Gasteiger partial charge in [0.1, 0.15) is 0 Å². The molecule has 0 N–H and O–H groups in total. The molecular formula is C58H37N3S. The van der Waals surface area contributed by atoms with E-state index >= 15 is 0 Å². The fourth-order valence-corrected chi connectivity index (χ4v) is 10.4. The van der Waals surface area contributed by atoms with E-state index in [0.29, 0.717) is 5.82 Å². The van der Waals surface area contributed by atoms with E-state index in [-0.39, 0.29) is 0 Å². The van der Waals surface area contributed by atoms with Crippen molar-refractivity contribution in [1.29, 1.82) is 0 Å². The lowest BCUT2D eigenvalue weighted by molar-refractivity contribution is 1.18. The molecule has 0 saturated heterocycles. The van der Waals surface area contributed by atoms with Gasteiger partial charge in [-0.3, -0.25) is 0 Å². The van der Waals surface area contributed by atoms with Gasteiger partial charge in [-0.1, -0.05) is 194 Å². The number of hydrogen-bond acceptors (Lipinski definition) is 3. The van der Waals surface area contributed by atoms with Crippen molar-refractivity contribution in [2.24, 2.45) is 0 Å². The van der Waals surface area contributed by atoms with E-state index in [2.05, 4.69) is 223 Å². The highest BCUT2D eigenvalue weighted by atomic mass is 32.1. The minimum absolute atomic E-state index is 0.715. The number of hydrogen-bond donors (Lipinski definition) is 0. The lowest BCUT2D eigenvalue weighted by Crippen LogP contribution is -2.02. The van der Waals surface area contributed by atoms with E-state index in [1.54, 1.807) is 11.3 Å². The largest absolute Gasteiger partial charge is 0.308 e. The Morgan fingerprint density at radius 3 is 1.29 bits per heavy atom. The normalized spacial score (nSPS) is 11.5. The molecular weight excluding hydrogens is 771 g/mol. The van der Waals surface area contributed by atoms with Gasteiger partial charge in [0, 0.05) is 43.1 Å². The summed E-state index contributed by atoms with van der Waals surface area (Å²) in [6, 6.07) is 80.6. The van der Waals surface area contributed by atoms with Crippen LogP contribution in [0, 0.1) is 0 Å². The molecule has 0 atom stereocenters. The Labute approximate surface area is 363 Å². The standard InChI is InChI=1S/C58H37N3S/c1-6-20-38(21-7-1)44-31-18-33-49-52(44)53-45(39-22-8-2-9-23-39)32-19-34-50(53)61(49)56-47(40-24-10-3-11-25-40)36-43(37-48(56)41-26-12-4-13-27-41)54-57-55(46-30-16-17-35-51(46)62-57)60-58(59-54)42-28-14-5-15-29-42/h1-37H. The molecule has 290 valence electrons. The monoisotopic (exact) mass is 807 g/mol. The summed E-state index contributed by atoms with van der Waals surface area (Å²) in [5.74, 6) is 0.715. The highest BCUT2D eigenvalue weighted by Crippen LogP contribution is 2.49. The highest BCUT2D eigenvalue weighted by molar-refractivity contribution is 7.26. The molecule has 0 unspecified atom stereocenters. The number of fused-ring (bicyclic) bond motifs is 6. The Morgan fingerprint density at radius 2 is 0.790 bits per heavy atom. The fourth-order valence-electron chi connectivity index (χ4n) is 9.26. The Morgan fingerprint density at radius 1 is 0.355 bits per heavy atom. The quantitative estimate of drug-likeness (QED) is 0.161. The number of nitrogens with zero attached hydrogens (tertiary/aromatic N) is 3. The number of thiophene rings is 1. The summed E-state index contributed by atoms with van der Waals surface area (Å²) in [7, 11) is 0. The first-order valence-corrected chi connectivity index (χ1v) is 21.8. The van der Waals surface area contributed by atoms with Crippen LogP contribution < -0.4 is 0 Å². The molecule has 0 radical (unpaired) electrons. The first kappa shape index (κ1) is 36.0. The summed E-state index contributed by atoms with van der Waals surface area (Å²) in [6.45, 7) is 0. The molecule has 0 aliphatic carbocycles. The molecule has 62 heavy (non-hydrogen) atoms. The Hall–Kier alpha value is -7.92. The van der Waals surface area contributed by atoms with E-state index in [1.807, 2.05) is 6.07 Å². The van der Waals surface area contributed by atoms with E-state index in [9.17, 15) is 0 Å². The van der Waals surface area contributed by atoms with E-state index in [0.717, 1.165) is 71.4 Å². The van der Waals surface area contributed by atoms with Crippen LogP contribution in [0.3, 0.4) is 0 Å². The third-order valence-corrected chi connectivity index (χ3v) is 13.2. The SMILES string of the molecule is c1ccc(-c2nc(-c3cc(-c4ccccc4)c(-n4c5cccc(-c6ccccc6)c5c5c(-c6ccccc6)cccc54)c(-c4ccccc4)c3)c3sc4ccccc4c3n2)cc1. The van der Waals surface area contributed by atoms with Gasteiger partial charge in [0.25, 0.3) is 0 Å². The second-order valence-corrected chi connectivity index (χ2v) is 16.7. The summed E-state index contributed by atoms with van der Waals surface area (Å²) in [5.41, 5.74) is 16.6. The van der Waals surface area contributed by atoms with Gasteiger partial charge in [-0.2, -0.15) is 0 Å². The second-order valence-electron chi connectivity index (χ2n) is 15.7. The molecule has 3 aromatic heterocycles. The van der Waals surface area contributed by atoms with E-state index in [1.165, 1.54) is 37.7 Å². The molecule has 0 spiro atoms. The molecule has 0 aliphatic rings. The maximum atomic E-state index is 5.48. The number of aromatic nitrogens is 3. The third kappa shape index (κ3) is 5.95. The minimum Gasteiger partial charge on any atom is -0.308 e. The smallest absolute Gasteiger partial charge is 0.160 e. The summed E-state index contributed by atoms with van der Waals surface area (Å²) in [5, 5.41) is 3.60. The van der Waals surface area contributed by atoms with Crippen LogP contribution in [-0.4, -0.2) is 14.5 Å². The molecule has 0 amide bonds. The van der Waals surface area contributed by atoms with Crippen molar-refractivity contribution in [3.05, 3.63) is 224 Å². The fraction of sp³-hybridized carbons (Fsp3) is 0. The van der Waals surface area contributed by atoms with Crippen LogP contribution in [0.25, 0.3) is 115 Å². The van der Waals surface area contributed by atoms with Crippen molar-refractivity contribution in [2.45, 2.75) is 0 Å². The van der Waals surface area contributed by atoms with Crippen LogP contribution in [0.4, 0.5) is 0 Å². The molecule has 3 nitrogen and oxygen atoms in total. The lowest BCUT2D eigenvalue weighted by Gasteiger charge is -2.21. The van der Waals surface area contributed by atoms with Crippen LogP contribution in [0.15, 0.2) is 224 Å². The molecule has 0 bridgehead atoms. The molecule has 3 heterocycles. The third-order valence-electron chi connectivity index (χ3n) is 12.0. The number of benzene rings is 9. The van der Waals surface area contributed by atoms with Crippen molar-refractivity contribution in [1.82, 2.24) is 14.5 Å². The highest BCUT2D eigenvalue weighted by Gasteiger charge is 2.26. The van der Waals surface area contributed by atoms with Crippen molar-refractivity contribution < 1.29 is 0 Å². The van der Waals surface area contributed by atoms with Gasteiger partial charge in [0.2, 0.25) is 0 Å². The topological polar surface area (TPSA) is 30.7 Å². The summed E-state index contributed by atoms with van der Waals surface area (Å²) in [6.07, 6.45) is 0. The van der Waals surface area contributed by atoms with Gasteiger partial charge in [-0.05, 0) is 63.7 Å². The van der Waals surface area contributed by atoms with Crippen molar-refractivity contribution in [3.63, 3.8) is 0 Å². The van der Waals surface area contributed by atoms with Crippen LogP contribution >= 0.6 is 11.3 Å². The zero-order valence-corrected chi connectivity index (χ0v) is 34.4. The van der Waals surface area contributed by atoms with Gasteiger partial charge in [0.05, 0.1) is 32.6 Å². The van der Waals surface area contributed by atoms with Crippen LogP contribution in [0.2, 0.25) is 0 Å².